The van der Waals surface area contributed by atoms with Crippen LogP contribution in [0, 0.1) is 18.6 Å². The number of aryl methyl sites for hydroxylation is 2. The van der Waals surface area contributed by atoms with Gasteiger partial charge in [-0.1, -0.05) is 29.8 Å². The molecule has 0 atom stereocenters. The Labute approximate surface area is 170 Å². The van der Waals surface area contributed by atoms with Crippen molar-refractivity contribution in [3.8, 4) is 11.4 Å². The van der Waals surface area contributed by atoms with E-state index in [1.54, 1.807) is 6.07 Å². The summed E-state index contributed by atoms with van der Waals surface area (Å²) in [4.78, 5) is 4.57. The van der Waals surface area contributed by atoms with Crippen molar-refractivity contribution in [2.75, 3.05) is 31.1 Å². The number of phenols is 1. The van der Waals surface area contributed by atoms with Crippen LogP contribution in [0.4, 0.5) is 5.69 Å². The maximum atomic E-state index is 10.1. The van der Waals surface area contributed by atoms with Crippen LogP contribution in [0.15, 0.2) is 48.5 Å². The molecule has 0 amide bonds. The Hall–Kier alpha value is -2.64. The number of rotatable bonds is 4. The van der Waals surface area contributed by atoms with E-state index in [1.165, 1.54) is 5.56 Å². The summed E-state index contributed by atoms with van der Waals surface area (Å²) in [5.41, 5.74) is 3.17. The maximum Gasteiger partial charge on any atom is 0.203 e. The summed E-state index contributed by atoms with van der Waals surface area (Å²) in [5, 5.41) is 14.7. The van der Waals surface area contributed by atoms with Crippen molar-refractivity contribution in [2.24, 2.45) is 0 Å². The van der Waals surface area contributed by atoms with Gasteiger partial charge in [-0.05, 0) is 50.3 Å². The molecule has 28 heavy (non-hydrogen) atoms. The largest absolute Gasteiger partial charge is 0.506 e. The SMILES string of the molecule is Cc1ccc(-n2c(C)nn(CN3CCN(c4ccccc4O)CC3)c2=S)cc1. The topological polar surface area (TPSA) is 49.5 Å². The van der Waals surface area contributed by atoms with E-state index in [1.807, 2.05) is 34.4 Å². The van der Waals surface area contributed by atoms with Crippen molar-refractivity contribution in [2.45, 2.75) is 20.5 Å². The number of hydrogen-bond donors (Lipinski definition) is 1. The van der Waals surface area contributed by atoms with Crippen molar-refractivity contribution in [3.05, 3.63) is 64.7 Å². The van der Waals surface area contributed by atoms with Gasteiger partial charge < -0.3 is 10.0 Å². The lowest BCUT2D eigenvalue weighted by molar-refractivity contribution is 0.194. The molecule has 1 N–H and O–H groups in total. The average molecular weight is 396 g/mol. The zero-order chi connectivity index (χ0) is 19.7. The van der Waals surface area contributed by atoms with Crippen molar-refractivity contribution >= 4 is 17.9 Å². The summed E-state index contributed by atoms with van der Waals surface area (Å²) in [5.74, 6) is 1.23. The Morgan fingerprint density at radius 1 is 0.964 bits per heavy atom. The van der Waals surface area contributed by atoms with E-state index < -0.39 is 0 Å². The van der Waals surface area contributed by atoms with Gasteiger partial charge in [0.05, 0.1) is 12.4 Å². The third-order valence-corrected chi connectivity index (χ3v) is 5.62. The first-order chi connectivity index (χ1) is 13.5. The van der Waals surface area contributed by atoms with E-state index >= 15 is 0 Å². The Morgan fingerprint density at radius 2 is 1.64 bits per heavy atom. The molecule has 2 heterocycles. The van der Waals surface area contributed by atoms with Gasteiger partial charge in [-0.25, -0.2) is 4.68 Å². The smallest absolute Gasteiger partial charge is 0.203 e. The van der Waals surface area contributed by atoms with Crippen LogP contribution in [-0.2, 0) is 6.67 Å². The zero-order valence-electron chi connectivity index (χ0n) is 16.2. The second-order valence-electron chi connectivity index (χ2n) is 7.24. The van der Waals surface area contributed by atoms with Crippen molar-refractivity contribution < 1.29 is 5.11 Å². The molecule has 0 bridgehead atoms. The minimum Gasteiger partial charge on any atom is -0.506 e. The van der Waals surface area contributed by atoms with Crippen molar-refractivity contribution in [3.63, 3.8) is 0 Å². The molecule has 4 rings (SSSR count). The Kier molecular flexibility index (Phi) is 5.19. The zero-order valence-corrected chi connectivity index (χ0v) is 17.1. The van der Waals surface area contributed by atoms with E-state index in [0.717, 1.165) is 43.4 Å². The lowest BCUT2D eigenvalue weighted by Gasteiger charge is -2.36. The summed E-state index contributed by atoms with van der Waals surface area (Å²) in [6, 6.07) is 15.8. The maximum absolute atomic E-state index is 10.1. The number of nitrogens with zero attached hydrogens (tertiary/aromatic N) is 5. The molecular formula is C21H25N5OS. The Morgan fingerprint density at radius 3 is 2.32 bits per heavy atom. The van der Waals surface area contributed by atoms with E-state index in [2.05, 4.69) is 46.1 Å². The van der Waals surface area contributed by atoms with E-state index in [-0.39, 0.29) is 0 Å². The van der Waals surface area contributed by atoms with Crippen LogP contribution in [0.25, 0.3) is 5.69 Å². The lowest BCUT2D eigenvalue weighted by atomic mass is 10.2. The third-order valence-electron chi connectivity index (χ3n) is 5.22. The molecule has 1 aliphatic heterocycles. The lowest BCUT2D eigenvalue weighted by Crippen LogP contribution is -2.47. The first kappa shape index (κ1) is 18.7. The summed E-state index contributed by atoms with van der Waals surface area (Å²) in [6.45, 7) is 8.26. The number of aromatic nitrogens is 3. The molecule has 0 saturated carbocycles. The molecule has 1 aliphatic rings. The number of phenolic OH excluding ortho intramolecular Hbond substituents is 1. The second kappa shape index (κ2) is 7.77. The molecule has 0 radical (unpaired) electrons. The van der Waals surface area contributed by atoms with Crippen LogP contribution < -0.4 is 4.90 Å². The molecule has 1 saturated heterocycles. The molecular weight excluding hydrogens is 370 g/mol. The van der Waals surface area contributed by atoms with E-state index in [0.29, 0.717) is 17.2 Å². The fourth-order valence-corrected chi connectivity index (χ4v) is 3.99. The second-order valence-corrected chi connectivity index (χ2v) is 7.60. The number of piperazine rings is 1. The van der Waals surface area contributed by atoms with Gasteiger partial charge in [-0.3, -0.25) is 9.47 Å². The summed E-state index contributed by atoms with van der Waals surface area (Å²) in [7, 11) is 0. The van der Waals surface area contributed by atoms with E-state index in [9.17, 15) is 5.11 Å². The highest BCUT2D eigenvalue weighted by Gasteiger charge is 2.20. The monoisotopic (exact) mass is 395 g/mol. The standard InChI is InChI=1S/C21H25N5OS/c1-16-7-9-18(10-8-16)26-17(2)22-25(21(26)28)15-23-11-13-24(14-12-23)19-5-3-4-6-20(19)27/h3-10,27H,11-15H2,1-2H3. The molecule has 0 spiro atoms. The molecule has 0 unspecified atom stereocenters. The highest BCUT2D eigenvalue weighted by molar-refractivity contribution is 7.71. The first-order valence-electron chi connectivity index (χ1n) is 9.52. The first-order valence-corrected chi connectivity index (χ1v) is 9.92. The molecule has 7 heteroatoms. The number of hydrogen-bond acceptors (Lipinski definition) is 5. The highest BCUT2D eigenvalue weighted by atomic mass is 32.1. The van der Waals surface area contributed by atoms with Crippen LogP contribution in [-0.4, -0.2) is 50.5 Å². The van der Waals surface area contributed by atoms with Gasteiger partial charge in [0, 0.05) is 31.9 Å². The van der Waals surface area contributed by atoms with E-state index in [4.69, 9.17) is 12.2 Å². The van der Waals surface area contributed by atoms with Crippen LogP contribution in [0.5, 0.6) is 5.75 Å². The fraction of sp³-hybridized carbons (Fsp3) is 0.333. The third kappa shape index (κ3) is 3.68. The normalized spacial score (nSPS) is 15.1. The predicted octanol–water partition coefficient (Wildman–Crippen LogP) is 3.51. The van der Waals surface area contributed by atoms with Crippen molar-refractivity contribution in [1.29, 1.82) is 0 Å². The number of para-hydroxylation sites is 2. The predicted molar refractivity (Wildman–Crippen MR) is 114 cm³/mol. The minimum atomic E-state index is 0.339. The molecule has 1 fully saturated rings. The van der Waals surface area contributed by atoms with Gasteiger partial charge in [-0.15, -0.1) is 0 Å². The number of benzene rings is 2. The molecule has 146 valence electrons. The summed E-state index contributed by atoms with van der Waals surface area (Å²) < 4.78 is 4.64. The fourth-order valence-electron chi connectivity index (χ4n) is 3.65. The quantitative estimate of drug-likeness (QED) is 0.685. The van der Waals surface area contributed by atoms with Crippen molar-refractivity contribution in [1.82, 2.24) is 19.2 Å². The molecule has 2 aromatic carbocycles. The van der Waals surface area contributed by atoms with Gasteiger partial charge in [-0.2, -0.15) is 5.10 Å². The highest BCUT2D eigenvalue weighted by Crippen LogP contribution is 2.27. The van der Waals surface area contributed by atoms with Gasteiger partial charge in [0.15, 0.2) is 0 Å². The molecule has 0 aliphatic carbocycles. The Bertz CT molecular complexity index is 1020. The average Bonchev–Trinajstić information content (AvgIpc) is 2.97. The molecule has 1 aromatic heterocycles. The summed E-state index contributed by atoms with van der Waals surface area (Å²) >= 11 is 5.71. The number of aromatic hydroxyl groups is 1. The van der Waals surface area contributed by atoms with Gasteiger partial charge in [0.1, 0.15) is 11.6 Å². The number of anilines is 1. The van der Waals surface area contributed by atoms with Crippen LogP contribution in [0.1, 0.15) is 11.4 Å². The minimum absolute atomic E-state index is 0.339. The van der Waals surface area contributed by atoms with Crippen LogP contribution in [0.2, 0.25) is 0 Å². The van der Waals surface area contributed by atoms with Gasteiger partial charge in [0.2, 0.25) is 4.77 Å². The van der Waals surface area contributed by atoms with Gasteiger partial charge in [0.25, 0.3) is 0 Å². The summed E-state index contributed by atoms with van der Waals surface area (Å²) in [6.07, 6.45) is 0. The molecule has 6 nitrogen and oxygen atoms in total. The Balaban J connectivity index is 1.46. The van der Waals surface area contributed by atoms with Gasteiger partial charge >= 0.3 is 0 Å². The van der Waals surface area contributed by atoms with Crippen LogP contribution >= 0.6 is 12.2 Å². The molecule has 3 aromatic rings. The van der Waals surface area contributed by atoms with Crippen LogP contribution in [0.3, 0.4) is 0 Å².